The molecule has 0 saturated carbocycles. The van der Waals surface area contributed by atoms with E-state index in [9.17, 15) is 0 Å². The average molecular weight is 236 g/mol. The van der Waals surface area contributed by atoms with Gasteiger partial charge in [-0.15, -0.1) is 0 Å². The van der Waals surface area contributed by atoms with Crippen molar-refractivity contribution in [3.8, 4) is 0 Å². The molecule has 17 heavy (non-hydrogen) atoms. The van der Waals surface area contributed by atoms with Crippen LogP contribution in [0.15, 0.2) is 18.2 Å². The Morgan fingerprint density at radius 2 is 2.06 bits per heavy atom. The SMILES string of the molecule is COC[C@@H](C)Nc1ccc(C)cc1CN(C)C. The van der Waals surface area contributed by atoms with Crippen LogP contribution < -0.4 is 5.32 Å². The molecular formula is C14H24N2O. The maximum Gasteiger partial charge on any atom is 0.0661 e. The minimum Gasteiger partial charge on any atom is -0.383 e. The quantitative estimate of drug-likeness (QED) is 0.821. The molecule has 0 amide bonds. The predicted octanol–water partition coefficient (Wildman–Crippen LogP) is 2.50. The van der Waals surface area contributed by atoms with Gasteiger partial charge in [0.15, 0.2) is 0 Å². The van der Waals surface area contributed by atoms with Gasteiger partial charge in [-0.1, -0.05) is 17.7 Å². The van der Waals surface area contributed by atoms with Crippen LogP contribution in [0.25, 0.3) is 0 Å². The van der Waals surface area contributed by atoms with Crippen LogP contribution in [0.1, 0.15) is 18.1 Å². The van der Waals surface area contributed by atoms with E-state index in [1.54, 1.807) is 7.11 Å². The summed E-state index contributed by atoms with van der Waals surface area (Å²) in [5, 5.41) is 3.49. The average Bonchev–Trinajstić information content (AvgIpc) is 2.21. The van der Waals surface area contributed by atoms with Gasteiger partial charge in [0.25, 0.3) is 0 Å². The smallest absolute Gasteiger partial charge is 0.0661 e. The summed E-state index contributed by atoms with van der Waals surface area (Å²) < 4.78 is 5.15. The number of aryl methyl sites for hydroxylation is 1. The highest BCUT2D eigenvalue weighted by Gasteiger charge is 2.07. The number of hydrogen-bond donors (Lipinski definition) is 1. The molecule has 0 aliphatic heterocycles. The van der Waals surface area contributed by atoms with E-state index < -0.39 is 0 Å². The van der Waals surface area contributed by atoms with Crippen LogP contribution >= 0.6 is 0 Å². The zero-order chi connectivity index (χ0) is 12.8. The van der Waals surface area contributed by atoms with Crippen LogP contribution in [0.2, 0.25) is 0 Å². The van der Waals surface area contributed by atoms with E-state index in [1.807, 2.05) is 0 Å². The Morgan fingerprint density at radius 1 is 1.35 bits per heavy atom. The third-order valence-corrected chi connectivity index (χ3v) is 2.57. The molecule has 0 aliphatic carbocycles. The number of nitrogens with zero attached hydrogens (tertiary/aromatic N) is 1. The van der Waals surface area contributed by atoms with E-state index in [-0.39, 0.29) is 0 Å². The number of anilines is 1. The monoisotopic (exact) mass is 236 g/mol. The van der Waals surface area contributed by atoms with Gasteiger partial charge in [0, 0.05) is 25.4 Å². The van der Waals surface area contributed by atoms with Crippen LogP contribution in [0.4, 0.5) is 5.69 Å². The highest BCUT2D eigenvalue weighted by molar-refractivity contribution is 5.53. The van der Waals surface area contributed by atoms with Gasteiger partial charge in [-0.3, -0.25) is 0 Å². The summed E-state index contributed by atoms with van der Waals surface area (Å²) in [7, 11) is 5.91. The number of hydrogen-bond acceptors (Lipinski definition) is 3. The molecule has 0 spiro atoms. The van der Waals surface area contributed by atoms with E-state index in [2.05, 4.69) is 56.4 Å². The molecule has 96 valence electrons. The van der Waals surface area contributed by atoms with E-state index in [4.69, 9.17) is 4.74 Å². The van der Waals surface area contributed by atoms with Crippen molar-refractivity contribution >= 4 is 5.69 Å². The summed E-state index contributed by atoms with van der Waals surface area (Å²) in [5.74, 6) is 0. The molecular weight excluding hydrogens is 212 g/mol. The fraction of sp³-hybridized carbons (Fsp3) is 0.571. The summed E-state index contributed by atoms with van der Waals surface area (Å²) in [6, 6.07) is 6.85. The summed E-state index contributed by atoms with van der Waals surface area (Å²) in [5.41, 5.74) is 3.83. The zero-order valence-electron chi connectivity index (χ0n) is 11.6. The van der Waals surface area contributed by atoms with Crippen LogP contribution in [0.5, 0.6) is 0 Å². The Labute approximate surface area is 105 Å². The minimum atomic E-state index is 0.323. The Balaban J connectivity index is 2.82. The fourth-order valence-corrected chi connectivity index (χ4v) is 1.89. The number of ether oxygens (including phenoxy) is 1. The largest absolute Gasteiger partial charge is 0.383 e. The first-order chi connectivity index (χ1) is 8.02. The summed E-state index contributed by atoms with van der Waals surface area (Å²) >= 11 is 0. The van der Waals surface area contributed by atoms with E-state index >= 15 is 0 Å². The first-order valence-corrected chi connectivity index (χ1v) is 6.02. The molecule has 0 fully saturated rings. The van der Waals surface area contributed by atoms with Crippen LogP contribution in [-0.2, 0) is 11.3 Å². The van der Waals surface area contributed by atoms with Crippen molar-refractivity contribution in [2.75, 3.05) is 33.1 Å². The van der Waals surface area contributed by atoms with Gasteiger partial charge in [0.05, 0.1) is 6.61 Å². The van der Waals surface area contributed by atoms with Gasteiger partial charge in [-0.2, -0.15) is 0 Å². The molecule has 0 aliphatic rings. The van der Waals surface area contributed by atoms with Crippen LogP contribution in [0.3, 0.4) is 0 Å². The van der Waals surface area contributed by atoms with Gasteiger partial charge in [-0.05, 0) is 39.6 Å². The van der Waals surface area contributed by atoms with Gasteiger partial charge < -0.3 is 15.0 Å². The molecule has 1 aromatic carbocycles. The number of rotatable bonds is 6. The lowest BCUT2D eigenvalue weighted by molar-refractivity contribution is 0.190. The van der Waals surface area contributed by atoms with Crippen LogP contribution in [0, 0.1) is 6.92 Å². The van der Waals surface area contributed by atoms with Gasteiger partial charge in [0.2, 0.25) is 0 Å². The molecule has 1 rings (SSSR count). The summed E-state index contributed by atoms with van der Waals surface area (Å²) in [4.78, 5) is 2.18. The Hall–Kier alpha value is -1.06. The van der Waals surface area contributed by atoms with Crippen molar-refractivity contribution in [3.63, 3.8) is 0 Å². The van der Waals surface area contributed by atoms with Crippen molar-refractivity contribution in [2.24, 2.45) is 0 Å². The third kappa shape index (κ3) is 4.75. The lowest BCUT2D eigenvalue weighted by Gasteiger charge is -2.20. The lowest BCUT2D eigenvalue weighted by atomic mass is 10.1. The molecule has 3 nitrogen and oxygen atoms in total. The predicted molar refractivity (Wildman–Crippen MR) is 73.5 cm³/mol. The van der Waals surface area contributed by atoms with E-state index in [1.165, 1.54) is 16.8 Å². The van der Waals surface area contributed by atoms with Crippen molar-refractivity contribution in [1.29, 1.82) is 0 Å². The molecule has 0 radical (unpaired) electrons. The Kier molecular flexibility index (Phi) is 5.45. The molecule has 0 aromatic heterocycles. The molecule has 0 unspecified atom stereocenters. The normalized spacial score (nSPS) is 12.8. The first kappa shape index (κ1) is 14.0. The second-order valence-corrected chi connectivity index (χ2v) is 4.90. The molecule has 0 heterocycles. The van der Waals surface area contributed by atoms with Crippen LogP contribution in [-0.4, -0.2) is 38.8 Å². The summed E-state index contributed by atoms with van der Waals surface area (Å²) in [6.45, 7) is 5.92. The molecule has 3 heteroatoms. The first-order valence-electron chi connectivity index (χ1n) is 6.02. The standard InChI is InChI=1S/C14H24N2O/c1-11-6-7-14(15-12(2)10-17-5)13(8-11)9-16(3)4/h6-8,12,15H,9-10H2,1-5H3/t12-/m1/s1. The van der Waals surface area contributed by atoms with E-state index in [0.29, 0.717) is 6.04 Å². The lowest BCUT2D eigenvalue weighted by Crippen LogP contribution is -2.22. The molecule has 0 saturated heterocycles. The topological polar surface area (TPSA) is 24.5 Å². The van der Waals surface area contributed by atoms with Crippen molar-refractivity contribution < 1.29 is 4.74 Å². The molecule has 1 N–H and O–H groups in total. The van der Waals surface area contributed by atoms with E-state index in [0.717, 1.165) is 13.2 Å². The maximum atomic E-state index is 5.15. The number of methoxy groups -OCH3 is 1. The van der Waals surface area contributed by atoms with Crippen molar-refractivity contribution in [3.05, 3.63) is 29.3 Å². The Morgan fingerprint density at radius 3 is 2.65 bits per heavy atom. The molecule has 0 bridgehead atoms. The molecule has 1 aromatic rings. The maximum absolute atomic E-state index is 5.15. The number of nitrogens with one attached hydrogen (secondary N) is 1. The van der Waals surface area contributed by atoms with Gasteiger partial charge in [-0.25, -0.2) is 0 Å². The second-order valence-electron chi connectivity index (χ2n) is 4.90. The van der Waals surface area contributed by atoms with Crippen molar-refractivity contribution in [1.82, 2.24) is 4.90 Å². The summed E-state index contributed by atoms with van der Waals surface area (Å²) in [6.07, 6.45) is 0. The highest BCUT2D eigenvalue weighted by Crippen LogP contribution is 2.19. The van der Waals surface area contributed by atoms with Gasteiger partial charge in [0.1, 0.15) is 0 Å². The molecule has 1 atom stereocenters. The zero-order valence-corrected chi connectivity index (χ0v) is 11.6. The fourth-order valence-electron chi connectivity index (χ4n) is 1.89. The number of benzene rings is 1. The van der Waals surface area contributed by atoms with Crippen molar-refractivity contribution in [2.45, 2.75) is 26.4 Å². The Bertz CT molecular complexity index is 350. The van der Waals surface area contributed by atoms with Gasteiger partial charge >= 0.3 is 0 Å². The minimum absolute atomic E-state index is 0.323. The third-order valence-electron chi connectivity index (χ3n) is 2.57. The highest BCUT2D eigenvalue weighted by atomic mass is 16.5. The second kappa shape index (κ2) is 6.62.